The first-order valence-corrected chi connectivity index (χ1v) is 8.63. The number of methoxy groups -OCH3 is 1. The molecule has 0 spiro atoms. The summed E-state index contributed by atoms with van der Waals surface area (Å²) in [4.78, 5) is 17.0. The fraction of sp³-hybridized carbons (Fsp3) is 0.474. The molecule has 1 fully saturated rings. The smallest absolute Gasteiger partial charge is 0.230 e. The van der Waals surface area contributed by atoms with E-state index in [1.807, 2.05) is 35.0 Å². The summed E-state index contributed by atoms with van der Waals surface area (Å²) in [6, 6.07) is 7.97. The van der Waals surface area contributed by atoms with Crippen molar-refractivity contribution in [1.82, 2.24) is 14.9 Å². The predicted octanol–water partition coefficient (Wildman–Crippen LogP) is 2.91. The number of aryl methyl sites for hydroxylation is 1. The number of nitrogens with zero attached hydrogens (tertiary/aromatic N) is 2. The van der Waals surface area contributed by atoms with E-state index in [9.17, 15) is 4.79 Å². The van der Waals surface area contributed by atoms with Crippen LogP contribution in [0.3, 0.4) is 0 Å². The Morgan fingerprint density at radius 1 is 1.29 bits per heavy atom. The highest BCUT2D eigenvalue weighted by molar-refractivity contribution is 5.88. The molecule has 0 bridgehead atoms. The Morgan fingerprint density at radius 3 is 2.67 bits per heavy atom. The number of benzene rings is 1. The van der Waals surface area contributed by atoms with Gasteiger partial charge in [-0.2, -0.15) is 0 Å². The van der Waals surface area contributed by atoms with Crippen LogP contribution in [0.1, 0.15) is 37.7 Å². The van der Waals surface area contributed by atoms with Gasteiger partial charge in [-0.15, -0.1) is 0 Å². The zero-order valence-electron chi connectivity index (χ0n) is 14.2. The van der Waals surface area contributed by atoms with Gasteiger partial charge < -0.3 is 14.6 Å². The third-order valence-electron chi connectivity index (χ3n) is 4.97. The second-order valence-corrected chi connectivity index (χ2v) is 6.43. The van der Waals surface area contributed by atoms with Gasteiger partial charge in [0, 0.05) is 25.5 Å². The van der Waals surface area contributed by atoms with Crippen molar-refractivity contribution in [3.63, 3.8) is 0 Å². The molecule has 0 radical (unpaired) electrons. The number of amides is 1. The second kappa shape index (κ2) is 7.51. The highest BCUT2D eigenvalue weighted by Gasteiger charge is 2.42. The van der Waals surface area contributed by atoms with Crippen molar-refractivity contribution in [2.45, 2.75) is 44.1 Å². The van der Waals surface area contributed by atoms with Gasteiger partial charge in [-0.05, 0) is 37.0 Å². The quantitative estimate of drug-likeness (QED) is 0.796. The van der Waals surface area contributed by atoms with Crippen LogP contribution < -0.4 is 10.1 Å². The Kier molecular flexibility index (Phi) is 5.18. The summed E-state index contributed by atoms with van der Waals surface area (Å²) in [5, 5.41) is 3.15. The molecule has 0 saturated heterocycles. The first-order chi connectivity index (χ1) is 11.7. The van der Waals surface area contributed by atoms with Crippen LogP contribution in [0.2, 0.25) is 0 Å². The molecule has 5 heteroatoms. The standard InChI is InChI=1S/C19H25N3O2/c1-24-17-7-5-16(6-8-17)19(9-2-3-10-19)18(23)21-11-4-13-22-14-12-20-15-22/h5-8,12,14-15H,2-4,9-11,13H2,1H3,(H,21,23). The van der Waals surface area contributed by atoms with Crippen molar-refractivity contribution >= 4 is 5.91 Å². The molecule has 2 aromatic rings. The number of carbonyl (C=O) groups excluding carboxylic acids is 1. The molecule has 1 N–H and O–H groups in total. The fourth-order valence-electron chi connectivity index (χ4n) is 3.59. The van der Waals surface area contributed by atoms with E-state index in [-0.39, 0.29) is 11.3 Å². The first kappa shape index (κ1) is 16.6. The zero-order valence-corrected chi connectivity index (χ0v) is 14.2. The van der Waals surface area contributed by atoms with Crippen molar-refractivity contribution < 1.29 is 9.53 Å². The van der Waals surface area contributed by atoms with Crippen LogP contribution in [0.4, 0.5) is 0 Å². The number of carbonyl (C=O) groups is 1. The molecule has 0 atom stereocenters. The van der Waals surface area contributed by atoms with E-state index >= 15 is 0 Å². The third kappa shape index (κ3) is 3.45. The van der Waals surface area contributed by atoms with E-state index in [1.54, 1.807) is 19.6 Å². The van der Waals surface area contributed by atoms with Crippen molar-refractivity contribution in [1.29, 1.82) is 0 Å². The van der Waals surface area contributed by atoms with Gasteiger partial charge in [0.1, 0.15) is 5.75 Å². The lowest BCUT2D eigenvalue weighted by molar-refractivity contribution is -0.126. The van der Waals surface area contributed by atoms with Gasteiger partial charge in [-0.3, -0.25) is 4.79 Å². The number of imidazole rings is 1. The van der Waals surface area contributed by atoms with E-state index in [4.69, 9.17) is 4.74 Å². The minimum absolute atomic E-state index is 0.163. The lowest BCUT2D eigenvalue weighted by atomic mass is 9.78. The summed E-state index contributed by atoms with van der Waals surface area (Å²) >= 11 is 0. The lowest BCUT2D eigenvalue weighted by Crippen LogP contribution is -2.43. The molecule has 24 heavy (non-hydrogen) atoms. The van der Waals surface area contributed by atoms with Crippen LogP contribution in [0.5, 0.6) is 5.75 Å². The maximum Gasteiger partial charge on any atom is 0.230 e. The molecule has 1 heterocycles. The monoisotopic (exact) mass is 327 g/mol. The van der Waals surface area contributed by atoms with Gasteiger partial charge in [0.25, 0.3) is 0 Å². The van der Waals surface area contributed by atoms with Gasteiger partial charge >= 0.3 is 0 Å². The topological polar surface area (TPSA) is 56.1 Å². The van der Waals surface area contributed by atoms with E-state index in [0.717, 1.165) is 50.0 Å². The number of rotatable bonds is 7. The van der Waals surface area contributed by atoms with Gasteiger partial charge in [0.2, 0.25) is 5.91 Å². The Balaban J connectivity index is 1.62. The summed E-state index contributed by atoms with van der Waals surface area (Å²) < 4.78 is 7.26. The van der Waals surface area contributed by atoms with Crippen molar-refractivity contribution in [2.24, 2.45) is 0 Å². The average Bonchev–Trinajstić information content (AvgIpc) is 3.31. The molecule has 1 amide bonds. The molecule has 1 aromatic carbocycles. The number of aromatic nitrogens is 2. The number of hydrogen-bond donors (Lipinski definition) is 1. The Labute approximate surface area is 143 Å². The van der Waals surface area contributed by atoms with Crippen LogP contribution >= 0.6 is 0 Å². The van der Waals surface area contributed by atoms with Crippen molar-refractivity contribution in [3.05, 3.63) is 48.5 Å². The fourth-order valence-corrected chi connectivity index (χ4v) is 3.59. The number of hydrogen-bond acceptors (Lipinski definition) is 3. The SMILES string of the molecule is COc1ccc(C2(C(=O)NCCCn3ccnc3)CCCC2)cc1. The molecule has 1 aromatic heterocycles. The van der Waals surface area contributed by atoms with E-state index in [0.29, 0.717) is 6.54 Å². The summed E-state index contributed by atoms with van der Waals surface area (Å²) in [6.07, 6.45) is 10.5. The minimum atomic E-state index is -0.374. The molecule has 1 aliphatic rings. The minimum Gasteiger partial charge on any atom is -0.497 e. The normalized spacial score (nSPS) is 16.0. The molecule has 5 nitrogen and oxygen atoms in total. The van der Waals surface area contributed by atoms with Crippen molar-refractivity contribution in [3.8, 4) is 5.75 Å². The van der Waals surface area contributed by atoms with Crippen LogP contribution in [0.15, 0.2) is 43.0 Å². The van der Waals surface area contributed by atoms with Crippen LogP contribution in [0.25, 0.3) is 0 Å². The summed E-state index contributed by atoms with van der Waals surface area (Å²) in [5.74, 6) is 0.989. The van der Waals surface area contributed by atoms with Gasteiger partial charge in [-0.25, -0.2) is 4.98 Å². The van der Waals surface area contributed by atoms with Crippen LogP contribution in [0, 0.1) is 0 Å². The van der Waals surface area contributed by atoms with Crippen LogP contribution in [-0.4, -0.2) is 29.1 Å². The first-order valence-electron chi connectivity index (χ1n) is 8.63. The Hall–Kier alpha value is -2.30. The molecule has 1 saturated carbocycles. The summed E-state index contributed by atoms with van der Waals surface area (Å²) in [7, 11) is 1.66. The highest BCUT2D eigenvalue weighted by atomic mass is 16.5. The predicted molar refractivity (Wildman–Crippen MR) is 93.0 cm³/mol. The third-order valence-corrected chi connectivity index (χ3v) is 4.97. The molecule has 0 unspecified atom stereocenters. The number of ether oxygens (including phenoxy) is 1. The van der Waals surface area contributed by atoms with E-state index in [2.05, 4.69) is 10.3 Å². The van der Waals surface area contributed by atoms with Crippen LogP contribution in [-0.2, 0) is 16.8 Å². The van der Waals surface area contributed by atoms with Gasteiger partial charge in [0.15, 0.2) is 0 Å². The molecule has 0 aliphatic heterocycles. The van der Waals surface area contributed by atoms with E-state index in [1.165, 1.54) is 0 Å². The highest BCUT2D eigenvalue weighted by Crippen LogP contribution is 2.41. The lowest BCUT2D eigenvalue weighted by Gasteiger charge is -2.28. The molecular weight excluding hydrogens is 302 g/mol. The summed E-state index contributed by atoms with van der Waals surface area (Å²) in [5.41, 5.74) is 0.731. The van der Waals surface area contributed by atoms with E-state index < -0.39 is 0 Å². The maximum atomic E-state index is 12.9. The van der Waals surface area contributed by atoms with Gasteiger partial charge in [0.05, 0.1) is 18.9 Å². The molecule has 3 rings (SSSR count). The molecule has 1 aliphatic carbocycles. The average molecular weight is 327 g/mol. The maximum absolute atomic E-state index is 12.9. The Bertz CT molecular complexity index is 644. The largest absolute Gasteiger partial charge is 0.497 e. The number of nitrogens with one attached hydrogen (secondary N) is 1. The second-order valence-electron chi connectivity index (χ2n) is 6.43. The summed E-state index contributed by atoms with van der Waals surface area (Å²) in [6.45, 7) is 1.56. The van der Waals surface area contributed by atoms with Crippen molar-refractivity contribution in [2.75, 3.05) is 13.7 Å². The zero-order chi connectivity index (χ0) is 16.8. The van der Waals surface area contributed by atoms with Gasteiger partial charge in [-0.1, -0.05) is 25.0 Å². The Morgan fingerprint density at radius 2 is 2.04 bits per heavy atom. The molecule has 128 valence electrons. The molecular formula is C19H25N3O2.